The molecule has 0 aliphatic rings. The molecule has 110 valence electrons. The summed E-state index contributed by atoms with van der Waals surface area (Å²) in [5.74, 6) is 0.0531. The van der Waals surface area contributed by atoms with Crippen molar-refractivity contribution in [3.63, 3.8) is 0 Å². The van der Waals surface area contributed by atoms with Crippen LogP contribution in [-0.2, 0) is 4.79 Å². The lowest BCUT2D eigenvalue weighted by atomic mass is 10.2. The summed E-state index contributed by atoms with van der Waals surface area (Å²) in [4.78, 5) is 13.9. The molecule has 0 saturated carbocycles. The molecule has 0 spiro atoms. The molecule has 1 aromatic rings. The van der Waals surface area contributed by atoms with E-state index in [9.17, 15) is 4.79 Å². The van der Waals surface area contributed by atoms with Gasteiger partial charge in [-0.05, 0) is 30.8 Å². The van der Waals surface area contributed by atoms with Crippen LogP contribution in [0, 0.1) is 0 Å². The first-order valence-corrected chi connectivity index (χ1v) is 7.16. The summed E-state index contributed by atoms with van der Waals surface area (Å²) in [5, 5.41) is 2.92. The van der Waals surface area contributed by atoms with Gasteiger partial charge in [0, 0.05) is 25.2 Å². The van der Waals surface area contributed by atoms with Gasteiger partial charge in [0.1, 0.15) is 0 Å². The molecule has 4 nitrogen and oxygen atoms in total. The van der Waals surface area contributed by atoms with E-state index in [0.717, 1.165) is 30.9 Å². The summed E-state index contributed by atoms with van der Waals surface area (Å²) >= 11 is 0. The van der Waals surface area contributed by atoms with Crippen molar-refractivity contribution in [3.8, 4) is 0 Å². The van der Waals surface area contributed by atoms with Crippen LogP contribution in [0.3, 0.4) is 0 Å². The highest BCUT2D eigenvalue weighted by Crippen LogP contribution is 2.08. The molecule has 0 saturated heterocycles. The largest absolute Gasteiger partial charge is 0.399 e. The topological polar surface area (TPSA) is 58.4 Å². The van der Waals surface area contributed by atoms with Gasteiger partial charge >= 0.3 is 0 Å². The summed E-state index contributed by atoms with van der Waals surface area (Å²) in [6.45, 7) is 7.88. The fraction of sp³-hybridized carbons (Fsp3) is 0.438. The highest BCUT2D eigenvalue weighted by molar-refractivity contribution is 5.78. The number of hydrogen-bond donors (Lipinski definition) is 2. The van der Waals surface area contributed by atoms with Crippen LogP contribution in [0.5, 0.6) is 0 Å². The zero-order chi connectivity index (χ0) is 14.8. The van der Waals surface area contributed by atoms with Crippen molar-refractivity contribution in [2.75, 3.05) is 31.9 Å². The lowest BCUT2D eigenvalue weighted by Crippen LogP contribution is -2.34. The van der Waals surface area contributed by atoms with Gasteiger partial charge in [-0.15, -0.1) is 0 Å². The van der Waals surface area contributed by atoms with Crippen LogP contribution in [0.2, 0.25) is 0 Å². The van der Waals surface area contributed by atoms with Gasteiger partial charge in [-0.1, -0.05) is 38.1 Å². The van der Waals surface area contributed by atoms with E-state index >= 15 is 0 Å². The molecule has 0 fully saturated rings. The Morgan fingerprint density at radius 1 is 1.35 bits per heavy atom. The summed E-state index contributed by atoms with van der Waals surface area (Å²) in [6, 6.07) is 7.59. The van der Waals surface area contributed by atoms with Gasteiger partial charge in [0.25, 0.3) is 0 Å². The Hall–Kier alpha value is -1.81. The van der Waals surface area contributed by atoms with Gasteiger partial charge in [-0.2, -0.15) is 0 Å². The van der Waals surface area contributed by atoms with E-state index < -0.39 is 0 Å². The van der Waals surface area contributed by atoms with Gasteiger partial charge in [0.2, 0.25) is 5.91 Å². The molecule has 0 heterocycles. The Labute approximate surface area is 121 Å². The molecule has 0 atom stereocenters. The fourth-order valence-electron chi connectivity index (χ4n) is 1.93. The Morgan fingerprint density at radius 2 is 2.10 bits per heavy atom. The zero-order valence-electron chi connectivity index (χ0n) is 12.4. The number of nitrogens with one attached hydrogen (secondary N) is 1. The number of carbonyl (C=O) groups is 1. The van der Waals surface area contributed by atoms with Crippen LogP contribution in [0.25, 0.3) is 6.08 Å². The first-order valence-electron chi connectivity index (χ1n) is 7.16. The Balaban J connectivity index is 2.26. The SMILES string of the molecule is CCN(CC)CCNC(=O)C/C=C\c1cccc(N)c1. The highest BCUT2D eigenvalue weighted by atomic mass is 16.1. The maximum atomic E-state index is 11.7. The van der Waals surface area contributed by atoms with Crippen LogP contribution in [0.4, 0.5) is 5.69 Å². The van der Waals surface area contributed by atoms with Gasteiger partial charge in [-0.3, -0.25) is 4.79 Å². The number of nitrogen functional groups attached to an aromatic ring is 1. The van der Waals surface area contributed by atoms with Gasteiger partial charge in [0.05, 0.1) is 0 Å². The number of nitrogens with two attached hydrogens (primary N) is 1. The van der Waals surface area contributed by atoms with E-state index in [0.29, 0.717) is 13.0 Å². The smallest absolute Gasteiger partial charge is 0.223 e. The third-order valence-corrected chi connectivity index (χ3v) is 3.17. The minimum absolute atomic E-state index is 0.0531. The molecule has 3 N–H and O–H groups in total. The van der Waals surface area contributed by atoms with E-state index in [4.69, 9.17) is 5.73 Å². The molecule has 1 amide bonds. The molecular formula is C16H25N3O. The summed E-state index contributed by atoms with van der Waals surface area (Å²) in [6.07, 6.45) is 4.18. The maximum absolute atomic E-state index is 11.7. The number of likely N-dealkylation sites (N-methyl/N-ethyl adjacent to an activating group) is 1. The second-order valence-electron chi connectivity index (χ2n) is 4.65. The Kier molecular flexibility index (Phi) is 7.43. The standard InChI is InChI=1S/C16H25N3O/c1-3-19(4-2)12-11-18-16(20)10-6-8-14-7-5-9-15(17)13-14/h5-9,13H,3-4,10-12,17H2,1-2H3,(H,18,20)/b8-6-. The second kappa shape index (κ2) is 9.15. The van der Waals surface area contributed by atoms with Crippen LogP contribution < -0.4 is 11.1 Å². The average Bonchev–Trinajstić information content (AvgIpc) is 2.44. The molecule has 20 heavy (non-hydrogen) atoms. The number of anilines is 1. The normalized spacial score (nSPS) is 11.2. The third-order valence-electron chi connectivity index (χ3n) is 3.17. The first kappa shape index (κ1) is 16.2. The van der Waals surface area contributed by atoms with E-state index in [-0.39, 0.29) is 5.91 Å². The number of rotatable bonds is 8. The van der Waals surface area contributed by atoms with Crippen molar-refractivity contribution >= 4 is 17.7 Å². The van der Waals surface area contributed by atoms with E-state index in [2.05, 4.69) is 24.1 Å². The molecule has 0 aliphatic carbocycles. The van der Waals surface area contributed by atoms with E-state index in [1.54, 1.807) is 0 Å². The number of amides is 1. The minimum Gasteiger partial charge on any atom is -0.399 e. The second-order valence-corrected chi connectivity index (χ2v) is 4.65. The van der Waals surface area contributed by atoms with Crippen LogP contribution >= 0.6 is 0 Å². The molecule has 4 heteroatoms. The molecule has 0 radical (unpaired) electrons. The van der Waals surface area contributed by atoms with Crippen molar-refractivity contribution in [1.82, 2.24) is 10.2 Å². The maximum Gasteiger partial charge on any atom is 0.223 e. The molecule has 0 aliphatic heterocycles. The lowest BCUT2D eigenvalue weighted by molar-refractivity contribution is -0.120. The summed E-state index contributed by atoms with van der Waals surface area (Å²) < 4.78 is 0. The number of benzene rings is 1. The van der Waals surface area contributed by atoms with Crippen LogP contribution in [-0.4, -0.2) is 37.0 Å². The minimum atomic E-state index is 0.0531. The molecule has 1 aromatic carbocycles. The van der Waals surface area contributed by atoms with E-state index in [1.807, 2.05) is 36.4 Å². The predicted octanol–water partition coefficient (Wildman–Crippen LogP) is 2.13. The van der Waals surface area contributed by atoms with Gasteiger partial charge in [0.15, 0.2) is 0 Å². The number of carbonyl (C=O) groups excluding carboxylic acids is 1. The monoisotopic (exact) mass is 275 g/mol. The first-order chi connectivity index (χ1) is 9.65. The van der Waals surface area contributed by atoms with Gasteiger partial charge < -0.3 is 16.0 Å². The summed E-state index contributed by atoms with van der Waals surface area (Å²) in [7, 11) is 0. The van der Waals surface area contributed by atoms with Crippen molar-refractivity contribution in [3.05, 3.63) is 35.9 Å². The van der Waals surface area contributed by atoms with Gasteiger partial charge in [-0.25, -0.2) is 0 Å². The molecule has 1 rings (SSSR count). The highest BCUT2D eigenvalue weighted by Gasteiger charge is 2.00. The molecule has 0 unspecified atom stereocenters. The number of hydrogen-bond acceptors (Lipinski definition) is 3. The average molecular weight is 275 g/mol. The van der Waals surface area contributed by atoms with Crippen LogP contribution in [0.15, 0.2) is 30.3 Å². The lowest BCUT2D eigenvalue weighted by Gasteiger charge is -2.17. The molecule has 0 bridgehead atoms. The van der Waals surface area contributed by atoms with Crippen molar-refractivity contribution in [1.29, 1.82) is 0 Å². The van der Waals surface area contributed by atoms with E-state index in [1.165, 1.54) is 0 Å². The van der Waals surface area contributed by atoms with Crippen molar-refractivity contribution in [2.45, 2.75) is 20.3 Å². The molecular weight excluding hydrogens is 250 g/mol. The number of nitrogens with zero attached hydrogens (tertiary/aromatic N) is 1. The third kappa shape index (κ3) is 6.38. The summed E-state index contributed by atoms with van der Waals surface area (Å²) in [5.41, 5.74) is 7.44. The van der Waals surface area contributed by atoms with Crippen LogP contribution in [0.1, 0.15) is 25.8 Å². The Bertz CT molecular complexity index is 439. The molecule has 0 aromatic heterocycles. The quantitative estimate of drug-likeness (QED) is 0.715. The van der Waals surface area contributed by atoms with Crippen molar-refractivity contribution < 1.29 is 4.79 Å². The Morgan fingerprint density at radius 3 is 2.75 bits per heavy atom. The fourth-order valence-corrected chi connectivity index (χ4v) is 1.93. The zero-order valence-corrected chi connectivity index (χ0v) is 12.4. The predicted molar refractivity (Wildman–Crippen MR) is 85.3 cm³/mol. The van der Waals surface area contributed by atoms with Crippen molar-refractivity contribution in [2.24, 2.45) is 0 Å².